The van der Waals surface area contributed by atoms with Gasteiger partial charge >= 0.3 is 5.97 Å². The van der Waals surface area contributed by atoms with Crippen LogP contribution in [0.5, 0.6) is 0 Å². The third-order valence-electron chi connectivity index (χ3n) is 2.96. The number of carboxylic acids is 1. The van der Waals surface area contributed by atoms with Crippen LogP contribution < -0.4 is 5.73 Å². The number of rotatable bonds is 6. The molecule has 1 atom stereocenters. The highest BCUT2D eigenvalue weighted by Crippen LogP contribution is 2.19. The van der Waals surface area contributed by atoms with E-state index >= 15 is 0 Å². The zero-order valence-electron chi connectivity index (χ0n) is 10.1. The molecule has 1 heterocycles. The molecule has 98 valence electrons. The van der Waals surface area contributed by atoms with Crippen molar-refractivity contribution >= 4 is 11.9 Å². The van der Waals surface area contributed by atoms with E-state index in [1.54, 1.807) is 0 Å². The maximum absolute atomic E-state index is 11.7. The smallest absolute Gasteiger partial charge is 0.325 e. The van der Waals surface area contributed by atoms with E-state index in [9.17, 15) is 9.59 Å². The highest BCUT2D eigenvalue weighted by atomic mass is 16.5. The van der Waals surface area contributed by atoms with Crippen LogP contribution in [-0.4, -0.2) is 53.7 Å². The van der Waals surface area contributed by atoms with Gasteiger partial charge in [0.05, 0.1) is 0 Å². The SMILES string of the molecule is CCOCCCC(=O)N1CCC(N)(C(=O)O)C1. The second-order valence-corrected chi connectivity index (χ2v) is 4.33. The molecule has 6 heteroatoms. The lowest BCUT2D eigenvalue weighted by atomic mass is 10.0. The topological polar surface area (TPSA) is 92.9 Å². The number of nitrogens with zero attached hydrogens (tertiary/aromatic N) is 1. The van der Waals surface area contributed by atoms with Crippen molar-refractivity contribution in [3.63, 3.8) is 0 Å². The summed E-state index contributed by atoms with van der Waals surface area (Å²) in [7, 11) is 0. The normalized spacial score (nSPS) is 24.0. The molecule has 1 aliphatic heterocycles. The first-order valence-corrected chi connectivity index (χ1v) is 5.87. The number of likely N-dealkylation sites (tertiary alicyclic amines) is 1. The Bertz CT molecular complexity index is 295. The minimum Gasteiger partial charge on any atom is -0.480 e. The van der Waals surface area contributed by atoms with Gasteiger partial charge in [0.1, 0.15) is 5.54 Å². The van der Waals surface area contributed by atoms with Crippen molar-refractivity contribution in [2.24, 2.45) is 5.73 Å². The van der Waals surface area contributed by atoms with Crippen molar-refractivity contribution in [1.82, 2.24) is 4.90 Å². The van der Waals surface area contributed by atoms with Gasteiger partial charge in [-0.3, -0.25) is 9.59 Å². The molecule has 1 saturated heterocycles. The Morgan fingerprint density at radius 2 is 2.24 bits per heavy atom. The Balaban J connectivity index is 2.33. The van der Waals surface area contributed by atoms with E-state index in [4.69, 9.17) is 15.6 Å². The van der Waals surface area contributed by atoms with Crippen molar-refractivity contribution in [1.29, 1.82) is 0 Å². The molecule has 0 bridgehead atoms. The number of carbonyl (C=O) groups excluding carboxylic acids is 1. The van der Waals surface area contributed by atoms with Crippen molar-refractivity contribution in [3.8, 4) is 0 Å². The molecule has 1 rings (SSSR count). The van der Waals surface area contributed by atoms with E-state index < -0.39 is 11.5 Å². The number of ether oxygens (including phenoxy) is 1. The predicted octanol–water partition coefficient (Wildman–Crippen LogP) is -0.182. The molecule has 3 N–H and O–H groups in total. The fraction of sp³-hybridized carbons (Fsp3) is 0.818. The van der Waals surface area contributed by atoms with Gasteiger partial charge in [-0.2, -0.15) is 0 Å². The largest absolute Gasteiger partial charge is 0.480 e. The molecular weight excluding hydrogens is 224 g/mol. The Morgan fingerprint density at radius 1 is 1.53 bits per heavy atom. The summed E-state index contributed by atoms with van der Waals surface area (Å²) in [5.74, 6) is -1.08. The Kier molecular flexibility index (Phi) is 4.89. The number of hydrogen-bond donors (Lipinski definition) is 2. The molecule has 1 unspecified atom stereocenters. The Hall–Kier alpha value is -1.14. The van der Waals surface area contributed by atoms with Crippen molar-refractivity contribution < 1.29 is 19.4 Å². The van der Waals surface area contributed by atoms with Crippen LogP contribution in [0.2, 0.25) is 0 Å². The van der Waals surface area contributed by atoms with Crippen LogP contribution in [0.15, 0.2) is 0 Å². The van der Waals surface area contributed by atoms with Crippen LogP contribution in [0.1, 0.15) is 26.2 Å². The zero-order chi connectivity index (χ0) is 12.9. The molecule has 1 fully saturated rings. The first-order chi connectivity index (χ1) is 7.99. The van der Waals surface area contributed by atoms with Gasteiger partial charge in [-0.1, -0.05) is 0 Å². The Labute approximate surface area is 101 Å². The van der Waals surface area contributed by atoms with Crippen LogP contribution in [0.4, 0.5) is 0 Å². The van der Waals surface area contributed by atoms with E-state index in [1.165, 1.54) is 4.90 Å². The summed E-state index contributed by atoms with van der Waals surface area (Å²) in [6.45, 7) is 3.63. The summed E-state index contributed by atoms with van der Waals surface area (Å²) in [6.07, 6.45) is 1.36. The molecule has 0 aromatic rings. The molecule has 0 spiro atoms. The number of carboxylic acid groups (broad SMARTS) is 1. The molecule has 17 heavy (non-hydrogen) atoms. The predicted molar refractivity (Wildman–Crippen MR) is 61.5 cm³/mol. The van der Waals surface area contributed by atoms with Gasteiger partial charge < -0.3 is 20.5 Å². The number of nitrogens with two attached hydrogens (primary N) is 1. The molecule has 1 aliphatic rings. The van der Waals surface area contributed by atoms with Gasteiger partial charge in [0.2, 0.25) is 5.91 Å². The van der Waals surface area contributed by atoms with Gasteiger partial charge in [0.15, 0.2) is 0 Å². The summed E-state index contributed by atoms with van der Waals surface area (Å²) >= 11 is 0. The summed E-state index contributed by atoms with van der Waals surface area (Å²) in [4.78, 5) is 24.2. The zero-order valence-corrected chi connectivity index (χ0v) is 10.1. The van der Waals surface area contributed by atoms with Crippen LogP contribution in [0, 0.1) is 0 Å². The van der Waals surface area contributed by atoms with E-state index in [0.29, 0.717) is 39.0 Å². The monoisotopic (exact) mass is 244 g/mol. The van der Waals surface area contributed by atoms with E-state index in [2.05, 4.69) is 0 Å². The minimum atomic E-state index is -1.27. The summed E-state index contributed by atoms with van der Waals surface area (Å²) in [6, 6.07) is 0. The number of amides is 1. The Morgan fingerprint density at radius 3 is 2.76 bits per heavy atom. The van der Waals surface area contributed by atoms with Crippen LogP contribution >= 0.6 is 0 Å². The molecule has 6 nitrogen and oxygen atoms in total. The third-order valence-corrected chi connectivity index (χ3v) is 2.96. The lowest BCUT2D eigenvalue weighted by Crippen LogP contribution is -2.50. The highest BCUT2D eigenvalue weighted by Gasteiger charge is 2.42. The molecule has 0 aromatic heterocycles. The second kappa shape index (κ2) is 5.97. The quantitative estimate of drug-likeness (QED) is 0.632. The molecule has 0 saturated carbocycles. The molecule has 0 radical (unpaired) electrons. The molecule has 0 aromatic carbocycles. The fourth-order valence-electron chi connectivity index (χ4n) is 1.85. The third kappa shape index (κ3) is 3.67. The lowest BCUT2D eigenvalue weighted by molar-refractivity contribution is -0.143. The van der Waals surface area contributed by atoms with Crippen LogP contribution in [-0.2, 0) is 14.3 Å². The van der Waals surface area contributed by atoms with Crippen LogP contribution in [0.3, 0.4) is 0 Å². The maximum Gasteiger partial charge on any atom is 0.325 e. The first kappa shape index (κ1) is 13.9. The minimum absolute atomic E-state index is 0.0433. The van der Waals surface area contributed by atoms with Crippen molar-refractivity contribution in [2.45, 2.75) is 31.7 Å². The van der Waals surface area contributed by atoms with Gasteiger partial charge in [-0.25, -0.2) is 0 Å². The van der Waals surface area contributed by atoms with E-state index in [-0.39, 0.29) is 12.5 Å². The molecule has 1 amide bonds. The number of aliphatic carboxylic acids is 1. The average Bonchev–Trinajstić information content (AvgIpc) is 2.69. The molecular formula is C11H20N2O4. The lowest BCUT2D eigenvalue weighted by Gasteiger charge is -2.20. The van der Waals surface area contributed by atoms with Crippen molar-refractivity contribution in [3.05, 3.63) is 0 Å². The van der Waals surface area contributed by atoms with Crippen molar-refractivity contribution in [2.75, 3.05) is 26.3 Å². The average molecular weight is 244 g/mol. The number of carbonyl (C=O) groups is 2. The summed E-state index contributed by atoms with van der Waals surface area (Å²) < 4.78 is 5.14. The maximum atomic E-state index is 11.7. The highest BCUT2D eigenvalue weighted by molar-refractivity contribution is 5.83. The van der Waals surface area contributed by atoms with Gasteiger partial charge in [-0.15, -0.1) is 0 Å². The summed E-state index contributed by atoms with van der Waals surface area (Å²) in [5, 5.41) is 8.94. The number of hydrogen-bond acceptors (Lipinski definition) is 4. The van der Waals surface area contributed by atoms with E-state index in [0.717, 1.165) is 0 Å². The van der Waals surface area contributed by atoms with Gasteiger partial charge in [0, 0.05) is 32.7 Å². The van der Waals surface area contributed by atoms with Gasteiger partial charge in [0.25, 0.3) is 0 Å². The van der Waals surface area contributed by atoms with E-state index in [1.807, 2.05) is 6.92 Å². The summed E-state index contributed by atoms with van der Waals surface area (Å²) in [5.41, 5.74) is 4.42. The first-order valence-electron chi connectivity index (χ1n) is 5.87. The standard InChI is InChI=1S/C11H20N2O4/c1-2-17-7-3-4-9(14)13-6-5-11(12,8-13)10(15)16/h2-8,12H2,1H3,(H,15,16). The second-order valence-electron chi connectivity index (χ2n) is 4.33. The fourth-order valence-corrected chi connectivity index (χ4v) is 1.85. The molecule has 0 aliphatic carbocycles. The van der Waals surface area contributed by atoms with Gasteiger partial charge in [-0.05, 0) is 19.8 Å². The van der Waals surface area contributed by atoms with Crippen LogP contribution in [0.25, 0.3) is 0 Å².